The monoisotopic (exact) mass is 174 g/mol. The van der Waals surface area contributed by atoms with Crippen molar-refractivity contribution >= 4 is 0 Å². The zero-order chi connectivity index (χ0) is 8.77. The van der Waals surface area contributed by atoms with Crippen LogP contribution >= 0.6 is 0 Å². The van der Waals surface area contributed by atoms with Crippen molar-refractivity contribution in [2.24, 2.45) is 0 Å². The highest BCUT2D eigenvalue weighted by atomic mass is 16.7. The van der Waals surface area contributed by atoms with Crippen molar-refractivity contribution in [3.05, 3.63) is 0 Å². The van der Waals surface area contributed by atoms with Crippen molar-refractivity contribution in [3.8, 4) is 0 Å². The van der Waals surface area contributed by atoms with Crippen LogP contribution in [0.5, 0.6) is 0 Å². The van der Waals surface area contributed by atoms with Crippen LogP contribution < -0.4 is 0 Å². The molecular weight excluding hydrogens is 160 g/mol. The molecule has 4 atom stereocenters. The zero-order valence-corrected chi connectivity index (χ0v) is 7.32. The smallest absolute Gasteiger partial charge is 0.157 e. The van der Waals surface area contributed by atoms with Gasteiger partial charge in [-0.25, -0.2) is 0 Å². The van der Waals surface area contributed by atoms with Gasteiger partial charge in [-0.1, -0.05) is 0 Å². The summed E-state index contributed by atoms with van der Waals surface area (Å²) in [5.41, 5.74) is -0.270. The first kappa shape index (κ1) is 8.44. The first-order valence-corrected chi connectivity index (χ1v) is 4.19. The lowest BCUT2D eigenvalue weighted by atomic mass is 9.92. The predicted molar refractivity (Wildman–Crippen MR) is 40.7 cm³/mol. The number of epoxide rings is 1. The van der Waals surface area contributed by atoms with Crippen molar-refractivity contribution in [3.63, 3.8) is 0 Å². The van der Waals surface area contributed by atoms with Crippen LogP contribution in [-0.4, -0.2) is 42.9 Å². The predicted octanol–water partition coefficient (Wildman–Crippen LogP) is -0.102. The number of hydrogen-bond donors (Lipinski definition) is 1. The average molecular weight is 174 g/mol. The maximum atomic E-state index is 9.28. The molecule has 0 radical (unpaired) electrons. The van der Waals surface area contributed by atoms with Gasteiger partial charge >= 0.3 is 0 Å². The van der Waals surface area contributed by atoms with E-state index in [4.69, 9.17) is 14.2 Å². The highest BCUT2D eigenvalue weighted by Gasteiger charge is 2.60. The Bertz CT molecular complexity index is 178. The van der Waals surface area contributed by atoms with Crippen LogP contribution in [0.1, 0.15) is 13.3 Å². The number of rotatable bonds is 1. The number of aliphatic hydroxyl groups excluding tert-OH is 1. The van der Waals surface area contributed by atoms with Crippen molar-refractivity contribution in [2.75, 3.05) is 13.7 Å². The minimum Gasteiger partial charge on any atom is -0.378 e. The summed E-state index contributed by atoms with van der Waals surface area (Å²) in [5.74, 6) is 0. The Morgan fingerprint density at radius 3 is 2.75 bits per heavy atom. The second kappa shape index (κ2) is 2.67. The van der Waals surface area contributed by atoms with Gasteiger partial charge in [0.2, 0.25) is 0 Å². The summed E-state index contributed by atoms with van der Waals surface area (Å²) in [6, 6.07) is 0. The van der Waals surface area contributed by atoms with Crippen LogP contribution in [0.15, 0.2) is 0 Å². The highest BCUT2D eigenvalue weighted by Crippen LogP contribution is 2.43. The molecule has 2 rings (SSSR count). The number of methoxy groups -OCH3 is 1. The van der Waals surface area contributed by atoms with Gasteiger partial charge in [0.15, 0.2) is 6.29 Å². The minimum absolute atomic E-state index is 0.0313. The van der Waals surface area contributed by atoms with E-state index in [2.05, 4.69) is 0 Å². The summed E-state index contributed by atoms with van der Waals surface area (Å²) < 4.78 is 15.8. The number of aliphatic hydroxyl groups is 1. The quantitative estimate of drug-likeness (QED) is 0.564. The van der Waals surface area contributed by atoms with E-state index in [0.29, 0.717) is 13.0 Å². The topological polar surface area (TPSA) is 51.2 Å². The SMILES string of the molecule is COC1CC(O)O[C@@H](C)[C@@]12CO2. The Kier molecular flexibility index (Phi) is 1.88. The Morgan fingerprint density at radius 2 is 2.25 bits per heavy atom. The molecule has 4 nitrogen and oxygen atoms in total. The van der Waals surface area contributed by atoms with Gasteiger partial charge in [-0.3, -0.25) is 0 Å². The van der Waals surface area contributed by atoms with Crippen LogP contribution in [0.25, 0.3) is 0 Å². The Morgan fingerprint density at radius 1 is 1.58 bits per heavy atom. The van der Waals surface area contributed by atoms with Gasteiger partial charge in [-0.2, -0.15) is 0 Å². The molecule has 0 aromatic rings. The molecule has 0 saturated carbocycles. The van der Waals surface area contributed by atoms with E-state index < -0.39 is 6.29 Å². The fourth-order valence-corrected chi connectivity index (χ4v) is 1.85. The molecule has 2 aliphatic rings. The Labute approximate surface area is 71.4 Å². The maximum Gasteiger partial charge on any atom is 0.157 e. The number of ether oxygens (including phenoxy) is 3. The molecule has 0 amide bonds. The van der Waals surface area contributed by atoms with Crippen LogP contribution in [0, 0.1) is 0 Å². The zero-order valence-electron chi connectivity index (χ0n) is 7.32. The van der Waals surface area contributed by atoms with Crippen molar-refractivity contribution in [1.82, 2.24) is 0 Å². The highest BCUT2D eigenvalue weighted by molar-refractivity contribution is 5.06. The fraction of sp³-hybridized carbons (Fsp3) is 1.00. The molecular formula is C8H14O4. The van der Waals surface area contributed by atoms with E-state index in [0.717, 1.165) is 0 Å². The third-order valence-corrected chi connectivity index (χ3v) is 2.77. The summed E-state index contributed by atoms with van der Waals surface area (Å²) in [7, 11) is 1.64. The first-order chi connectivity index (χ1) is 5.69. The van der Waals surface area contributed by atoms with E-state index >= 15 is 0 Å². The Hall–Kier alpha value is -0.160. The standard InChI is InChI=1S/C8H14O4/c1-5-8(4-11-8)6(10-2)3-7(9)12-5/h5-7,9H,3-4H2,1-2H3/t5-,6?,7?,8-/m0/s1. The molecule has 2 aliphatic heterocycles. The maximum absolute atomic E-state index is 9.28. The molecule has 2 saturated heterocycles. The second-order valence-corrected chi connectivity index (χ2v) is 3.44. The third-order valence-electron chi connectivity index (χ3n) is 2.77. The molecule has 1 spiro atoms. The van der Waals surface area contributed by atoms with Crippen LogP contribution in [0.4, 0.5) is 0 Å². The summed E-state index contributed by atoms with van der Waals surface area (Å²) >= 11 is 0. The van der Waals surface area contributed by atoms with Crippen LogP contribution in [0.2, 0.25) is 0 Å². The molecule has 2 heterocycles. The summed E-state index contributed by atoms with van der Waals surface area (Å²) in [5, 5.41) is 9.28. The largest absolute Gasteiger partial charge is 0.378 e. The van der Waals surface area contributed by atoms with Gasteiger partial charge in [-0.05, 0) is 6.92 Å². The Balaban J connectivity index is 2.10. The average Bonchev–Trinajstić information content (AvgIpc) is 2.78. The number of hydrogen-bond acceptors (Lipinski definition) is 4. The van der Waals surface area contributed by atoms with E-state index in [1.54, 1.807) is 7.11 Å². The van der Waals surface area contributed by atoms with E-state index in [9.17, 15) is 5.11 Å². The van der Waals surface area contributed by atoms with E-state index in [-0.39, 0.29) is 17.8 Å². The fourth-order valence-electron chi connectivity index (χ4n) is 1.85. The van der Waals surface area contributed by atoms with Crippen LogP contribution in [-0.2, 0) is 14.2 Å². The first-order valence-electron chi connectivity index (χ1n) is 4.19. The van der Waals surface area contributed by atoms with Crippen LogP contribution in [0.3, 0.4) is 0 Å². The molecule has 0 aromatic carbocycles. The lowest BCUT2D eigenvalue weighted by Crippen LogP contribution is -2.50. The molecule has 2 fully saturated rings. The van der Waals surface area contributed by atoms with Gasteiger partial charge < -0.3 is 19.3 Å². The van der Waals surface area contributed by atoms with Crippen molar-refractivity contribution in [1.29, 1.82) is 0 Å². The molecule has 4 heteroatoms. The minimum atomic E-state index is -0.709. The summed E-state index contributed by atoms with van der Waals surface area (Å²) in [4.78, 5) is 0. The third kappa shape index (κ3) is 1.07. The van der Waals surface area contributed by atoms with E-state index in [1.165, 1.54) is 0 Å². The van der Waals surface area contributed by atoms with Gasteiger partial charge in [-0.15, -0.1) is 0 Å². The van der Waals surface area contributed by atoms with Gasteiger partial charge in [0.1, 0.15) is 5.60 Å². The lowest BCUT2D eigenvalue weighted by molar-refractivity contribution is -0.219. The molecule has 1 N–H and O–H groups in total. The van der Waals surface area contributed by atoms with Gasteiger partial charge in [0.25, 0.3) is 0 Å². The summed E-state index contributed by atoms with van der Waals surface area (Å²) in [6.45, 7) is 2.58. The molecule has 2 unspecified atom stereocenters. The molecule has 0 bridgehead atoms. The molecule has 70 valence electrons. The van der Waals surface area contributed by atoms with Gasteiger partial charge in [0, 0.05) is 13.5 Å². The molecule has 12 heavy (non-hydrogen) atoms. The van der Waals surface area contributed by atoms with Gasteiger partial charge in [0.05, 0.1) is 18.8 Å². The second-order valence-electron chi connectivity index (χ2n) is 3.44. The lowest BCUT2D eigenvalue weighted by Gasteiger charge is -2.35. The summed E-state index contributed by atoms with van der Waals surface area (Å²) in [6.07, 6.45) is -0.317. The molecule has 0 aromatic heterocycles. The molecule has 0 aliphatic carbocycles. The van der Waals surface area contributed by atoms with Crippen molar-refractivity contribution < 1.29 is 19.3 Å². The van der Waals surface area contributed by atoms with Crippen molar-refractivity contribution in [2.45, 2.75) is 37.4 Å². The van der Waals surface area contributed by atoms with E-state index in [1.807, 2.05) is 6.92 Å². The normalized spacial score (nSPS) is 52.8.